The van der Waals surface area contributed by atoms with Gasteiger partial charge in [0.15, 0.2) is 0 Å². The molecule has 3 heterocycles. The normalized spacial score (nSPS) is 16.7. The highest BCUT2D eigenvalue weighted by atomic mass is 32.2. The van der Waals surface area contributed by atoms with E-state index in [1.54, 1.807) is 23.1 Å². The molecule has 1 amide bonds. The van der Waals surface area contributed by atoms with E-state index >= 15 is 0 Å². The van der Waals surface area contributed by atoms with Crippen molar-refractivity contribution in [3.8, 4) is 0 Å². The third kappa shape index (κ3) is 3.54. The summed E-state index contributed by atoms with van der Waals surface area (Å²) in [6.07, 6.45) is 0.968. The summed E-state index contributed by atoms with van der Waals surface area (Å²) in [5.74, 6) is 0.713. The van der Waals surface area contributed by atoms with E-state index in [2.05, 4.69) is 65.0 Å². The molecule has 2 nitrogen and oxygen atoms in total. The lowest BCUT2D eigenvalue weighted by molar-refractivity contribution is -0.130. The Morgan fingerprint density at radius 2 is 2.00 bits per heavy atom. The number of hydrogen-bond donors (Lipinski definition) is 0. The van der Waals surface area contributed by atoms with Gasteiger partial charge in [-0.25, -0.2) is 0 Å². The molecule has 0 radical (unpaired) electrons. The van der Waals surface area contributed by atoms with Crippen LogP contribution in [-0.4, -0.2) is 23.1 Å². The summed E-state index contributed by atoms with van der Waals surface area (Å²) < 4.78 is 0. The average molecular weight is 386 g/mol. The highest BCUT2D eigenvalue weighted by molar-refractivity contribution is 8.00. The van der Waals surface area contributed by atoms with E-state index < -0.39 is 0 Å². The predicted octanol–water partition coefficient (Wildman–Crippen LogP) is 5.38. The standard InChI is InChI=1S/C20H19NOS3/c1-14-4-6-15(7-5-14)25-13-19(22)21-10-8-17-16(9-12-24-17)20(21)18-3-2-11-23-18/h2-7,9,11-12,20H,8,10,13H2,1H3/t20-/m1/s1. The first-order valence-corrected chi connectivity index (χ1v) is 11.1. The molecule has 0 aliphatic carbocycles. The second-order valence-electron chi connectivity index (χ2n) is 6.16. The van der Waals surface area contributed by atoms with Crippen molar-refractivity contribution >= 4 is 40.3 Å². The quantitative estimate of drug-likeness (QED) is 0.562. The van der Waals surface area contributed by atoms with Crippen molar-refractivity contribution in [2.45, 2.75) is 24.3 Å². The van der Waals surface area contributed by atoms with Crippen molar-refractivity contribution in [1.82, 2.24) is 4.90 Å². The second-order valence-corrected chi connectivity index (χ2v) is 9.18. The highest BCUT2D eigenvalue weighted by Gasteiger charge is 2.33. The van der Waals surface area contributed by atoms with Crippen LogP contribution < -0.4 is 0 Å². The van der Waals surface area contributed by atoms with Gasteiger partial charge in [-0.1, -0.05) is 23.8 Å². The number of amides is 1. The lowest BCUT2D eigenvalue weighted by Gasteiger charge is -2.35. The van der Waals surface area contributed by atoms with Crippen molar-refractivity contribution in [2.24, 2.45) is 0 Å². The van der Waals surface area contributed by atoms with Crippen LogP contribution in [0, 0.1) is 6.92 Å². The number of carbonyl (C=O) groups is 1. The average Bonchev–Trinajstić information content (AvgIpc) is 3.31. The lowest BCUT2D eigenvalue weighted by Crippen LogP contribution is -2.40. The largest absolute Gasteiger partial charge is 0.330 e. The van der Waals surface area contributed by atoms with Gasteiger partial charge in [-0.15, -0.1) is 34.4 Å². The molecule has 0 saturated carbocycles. The number of fused-ring (bicyclic) bond motifs is 1. The number of thiophene rings is 2. The summed E-state index contributed by atoms with van der Waals surface area (Å²) in [6.45, 7) is 2.89. The van der Waals surface area contributed by atoms with Crippen molar-refractivity contribution in [1.29, 1.82) is 0 Å². The Morgan fingerprint density at radius 1 is 1.16 bits per heavy atom. The predicted molar refractivity (Wildman–Crippen MR) is 108 cm³/mol. The molecule has 3 aromatic rings. The number of rotatable bonds is 4. The first-order valence-electron chi connectivity index (χ1n) is 8.31. The van der Waals surface area contributed by atoms with E-state index in [1.807, 2.05) is 11.3 Å². The molecule has 0 N–H and O–H groups in total. The van der Waals surface area contributed by atoms with Crippen LogP contribution in [0.2, 0.25) is 0 Å². The van der Waals surface area contributed by atoms with Crippen LogP contribution in [0.3, 0.4) is 0 Å². The summed E-state index contributed by atoms with van der Waals surface area (Å²) in [5, 5.41) is 4.25. The molecule has 1 atom stereocenters. The van der Waals surface area contributed by atoms with Gasteiger partial charge >= 0.3 is 0 Å². The summed E-state index contributed by atoms with van der Waals surface area (Å²) in [5.41, 5.74) is 2.56. The van der Waals surface area contributed by atoms with Gasteiger partial charge in [0.1, 0.15) is 0 Å². The molecule has 25 heavy (non-hydrogen) atoms. The molecule has 5 heteroatoms. The van der Waals surface area contributed by atoms with Gasteiger partial charge in [-0.05, 0) is 53.9 Å². The Balaban J connectivity index is 1.53. The minimum atomic E-state index is 0.0844. The zero-order valence-electron chi connectivity index (χ0n) is 14.0. The number of benzene rings is 1. The van der Waals surface area contributed by atoms with E-state index in [-0.39, 0.29) is 11.9 Å². The van der Waals surface area contributed by atoms with Crippen molar-refractivity contribution in [2.75, 3.05) is 12.3 Å². The fraction of sp³-hybridized carbons (Fsp3) is 0.250. The van der Waals surface area contributed by atoms with Crippen LogP contribution in [0.1, 0.15) is 26.9 Å². The van der Waals surface area contributed by atoms with E-state index in [4.69, 9.17) is 0 Å². The molecule has 0 bridgehead atoms. The maximum absolute atomic E-state index is 13.0. The SMILES string of the molecule is Cc1ccc(SCC(=O)N2CCc3sccc3[C@@H]2c2cccs2)cc1. The minimum Gasteiger partial charge on any atom is -0.330 e. The molecule has 0 fully saturated rings. The van der Waals surface area contributed by atoms with Gasteiger partial charge in [-0.3, -0.25) is 4.79 Å². The molecular formula is C20H19NOS3. The van der Waals surface area contributed by atoms with Crippen LogP contribution in [0.4, 0.5) is 0 Å². The molecular weight excluding hydrogens is 366 g/mol. The van der Waals surface area contributed by atoms with Gasteiger partial charge in [0.2, 0.25) is 5.91 Å². The molecule has 2 aromatic heterocycles. The molecule has 1 aliphatic heterocycles. The molecule has 1 aromatic carbocycles. The van der Waals surface area contributed by atoms with E-state index in [0.29, 0.717) is 5.75 Å². The number of hydrogen-bond acceptors (Lipinski definition) is 4. The third-order valence-electron chi connectivity index (χ3n) is 4.48. The summed E-state index contributed by atoms with van der Waals surface area (Å²) >= 11 is 5.18. The second kappa shape index (κ2) is 7.36. The van der Waals surface area contributed by atoms with Gasteiger partial charge < -0.3 is 4.90 Å². The monoisotopic (exact) mass is 385 g/mol. The fourth-order valence-electron chi connectivity index (χ4n) is 3.20. The Labute approximate surface area is 160 Å². The summed E-state index contributed by atoms with van der Waals surface area (Å²) in [4.78, 5) is 18.9. The first-order chi connectivity index (χ1) is 12.2. The number of carbonyl (C=O) groups excluding carboxylic acids is 1. The Morgan fingerprint density at radius 3 is 2.76 bits per heavy atom. The van der Waals surface area contributed by atoms with Crippen LogP contribution in [0.15, 0.2) is 58.1 Å². The van der Waals surface area contributed by atoms with Gasteiger partial charge in [-0.2, -0.15) is 0 Å². The van der Waals surface area contributed by atoms with E-state index in [9.17, 15) is 4.79 Å². The number of thioether (sulfide) groups is 1. The Bertz CT molecular complexity index is 851. The topological polar surface area (TPSA) is 20.3 Å². The summed E-state index contributed by atoms with van der Waals surface area (Å²) in [6, 6.07) is 14.9. The maximum atomic E-state index is 13.0. The molecule has 1 aliphatic rings. The van der Waals surface area contributed by atoms with Crippen molar-refractivity contribution in [3.05, 3.63) is 74.1 Å². The zero-order valence-corrected chi connectivity index (χ0v) is 16.4. The van der Waals surface area contributed by atoms with Crippen LogP contribution in [-0.2, 0) is 11.2 Å². The van der Waals surface area contributed by atoms with E-state index in [1.165, 1.54) is 20.9 Å². The molecule has 0 spiro atoms. The summed E-state index contributed by atoms with van der Waals surface area (Å²) in [7, 11) is 0. The number of aryl methyl sites for hydroxylation is 1. The highest BCUT2D eigenvalue weighted by Crippen LogP contribution is 2.39. The fourth-order valence-corrected chi connectivity index (χ4v) is 5.74. The molecule has 0 unspecified atom stereocenters. The molecule has 0 saturated heterocycles. The minimum absolute atomic E-state index is 0.0844. The Kier molecular flexibility index (Phi) is 4.97. The van der Waals surface area contributed by atoms with Gasteiger partial charge in [0, 0.05) is 21.2 Å². The zero-order chi connectivity index (χ0) is 17.2. The molecule has 128 valence electrons. The number of nitrogens with zero attached hydrogens (tertiary/aromatic N) is 1. The van der Waals surface area contributed by atoms with Gasteiger partial charge in [0.25, 0.3) is 0 Å². The van der Waals surface area contributed by atoms with Crippen LogP contribution in [0.25, 0.3) is 0 Å². The van der Waals surface area contributed by atoms with Crippen LogP contribution in [0.5, 0.6) is 0 Å². The first kappa shape index (κ1) is 16.9. The van der Waals surface area contributed by atoms with Crippen molar-refractivity contribution < 1.29 is 4.79 Å². The van der Waals surface area contributed by atoms with E-state index in [0.717, 1.165) is 17.9 Å². The van der Waals surface area contributed by atoms with Crippen molar-refractivity contribution in [3.63, 3.8) is 0 Å². The lowest BCUT2D eigenvalue weighted by atomic mass is 9.98. The van der Waals surface area contributed by atoms with Crippen LogP contribution >= 0.6 is 34.4 Å². The smallest absolute Gasteiger partial charge is 0.233 e. The third-order valence-corrected chi connectivity index (χ3v) is 7.40. The maximum Gasteiger partial charge on any atom is 0.233 e. The Hall–Kier alpha value is -1.56. The van der Waals surface area contributed by atoms with Gasteiger partial charge in [0.05, 0.1) is 11.8 Å². The molecule has 4 rings (SSSR count).